The highest BCUT2D eigenvalue weighted by atomic mass is 32.1. The molecule has 0 radical (unpaired) electrons. The van der Waals surface area contributed by atoms with Gasteiger partial charge in [-0.3, -0.25) is 4.79 Å². The zero-order valence-electron chi connectivity index (χ0n) is 13.6. The average Bonchev–Trinajstić information content (AvgIpc) is 2.91. The highest BCUT2D eigenvalue weighted by Crippen LogP contribution is 2.43. The minimum atomic E-state index is -4.66. The SMILES string of the molecule is CCOc1ccc(-c2cc(C(F)(F)F)c3c(N)c(C(N)=O)sc3n2)cc1. The quantitative estimate of drug-likeness (QED) is 0.713. The number of rotatable bonds is 4. The second-order valence-electron chi connectivity index (χ2n) is 5.40. The van der Waals surface area contributed by atoms with Gasteiger partial charge in [0, 0.05) is 10.9 Å². The summed E-state index contributed by atoms with van der Waals surface area (Å²) in [5.74, 6) is -0.286. The Balaban J connectivity index is 2.23. The van der Waals surface area contributed by atoms with Gasteiger partial charge in [0.2, 0.25) is 0 Å². The standard InChI is InChI=1S/C17H14F3N3O2S/c1-2-25-9-5-3-8(4-6-9)11-7-10(17(18,19)20)12-13(21)14(15(22)24)26-16(12)23-11/h3-7H,2,21H2,1H3,(H2,22,24). The molecule has 3 aromatic rings. The van der Waals surface area contributed by atoms with Gasteiger partial charge in [-0.15, -0.1) is 11.3 Å². The number of aromatic nitrogens is 1. The number of nitrogens with zero attached hydrogens (tertiary/aromatic N) is 1. The first kappa shape index (κ1) is 18.0. The van der Waals surface area contributed by atoms with Gasteiger partial charge in [0.05, 0.1) is 23.6 Å². The smallest absolute Gasteiger partial charge is 0.417 e. The number of benzene rings is 1. The fraction of sp³-hybridized carbons (Fsp3) is 0.176. The van der Waals surface area contributed by atoms with Crippen LogP contribution in [0.2, 0.25) is 0 Å². The van der Waals surface area contributed by atoms with Gasteiger partial charge in [-0.1, -0.05) is 0 Å². The third-order valence-electron chi connectivity index (χ3n) is 3.69. The van der Waals surface area contributed by atoms with E-state index < -0.39 is 17.6 Å². The van der Waals surface area contributed by atoms with Crippen LogP contribution in [0.1, 0.15) is 22.2 Å². The minimum absolute atomic E-state index is 0.00927. The van der Waals surface area contributed by atoms with Crippen LogP contribution in [-0.2, 0) is 6.18 Å². The van der Waals surface area contributed by atoms with E-state index in [0.29, 0.717) is 17.9 Å². The maximum atomic E-state index is 13.6. The normalized spacial score (nSPS) is 11.7. The van der Waals surface area contributed by atoms with Gasteiger partial charge in [0.25, 0.3) is 5.91 Å². The van der Waals surface area contributed by atoms with Gasteiger partial charge in [-0.25, -0.2) is 4.98 Å². The average molecular weight is 381 g/mol. The molecule has 3 rings (SSSR count). The summed E-state index contributed by atoms with van der Waals surface area (Å²) in [4.78, 5) is 15.6. The Hall–Kier alpha value is -2.81. The summed E-state index contributed by atoms with van der Waals surface area (Å²) >= 11 is 0.747. The number of carbonyl (C=O) groups excluding carboxylic acids is 1. The van der Waals surface area contributed by atoms with E-state index in [2.05, 4.69) is 4.98 Å². The molecule has 26 heavy (non-hydrogen) atoms. The lowest BCUT2D eigenvalue weighted by atomic mass is 10.1. The zero-order valence-corrected chi connectivity index (χ0v) is 14.4. The highest BCUT2D eigenvalue weighted by molar-refractivity contribution is 7.21. The lowest BCUT2D eigenvalue weighted by molar-refractivity contribution is -0.136. The predicted octanol–water partition coefficient (Wildman–Crippen LogP) is 4.06. The van der Waals surface area contributed by atoms with E-state index in [1.807, 2.05) is 6.92 Å². The first-order valence-corrected chi connectivity index (χ1v) is 8.37. The number of hydrogen-bond acceptors (Lipinski definition) is 5. The molecule has 0 atom stereocenters. The Kier molecular flexibility index (Phi) is 4.49. The van der Waals surface area contributed by atoms with E-state index in [0.717, 1.165) is 17.4 Å². The van der Waals surface area contributed by atoms with Crippen LogP contribution in [0, 0.1) is 0 Å². The van der Waals surface area contributed by atoms with Gasteiger partial charge in [0.1, 0.15) is 15.5 Å². The van der Waals surface area contributed by atoms with Crippen molar-refractivity contribution in [1.82, 2.24) is 4.98 Å². The summed E-state index contributed by atoms with van der Waals surface area (Å²) in [5.41, 5.74) is 10.3. The predicted molar refractivity (Wildman–Crippen MR) is 94.2 cm³/mol. The monoisotopic (exact) mass is 381 g/mol. The number of halogens is 3. The molecule has 0 aliphatic carbocycles. The first-order valence-electron chi connectivity index (χ1n) is 7.55. The first-order chi connectivity index (χ1) is 12.2. The van der Waals surface area contributed by atoms with Gasteiger partial charge in [-0.2, -0.15) is 13.2 Å². The molecule has 0 spiro atoms. The van der Waals surface area contributed by atoms with Crippen molar-refractivity contribution in [1.29, 1.82) is 0 Å². The van der Waals surface area contributed by atoms with Crippen molar-refractivity contribution in [3.05, 3.63) is 40.8 Å². The Morgan fingerprint density at radius 3 is 2.46 bits per heavy atom. The number of carbonyl (C=O) groups is 1. The Labute approximate surface area is 150 Å². The molecule has 0 aliphatic rings. The molecule has 9 heteroatoms. The number of nitrogen functional groups attached to an aromatic ring is 1. The van der Waals surface area contributed by atoms with Crippen LogP contribution in [0.4, 0.5) is 18.9 Å². The number of fused-ring (bicyclic) bond motifs is 1. The molecule has 0 saturated carbocycles. The summed E-state index contributed by atoms with van der Waals surface area (Å²) in [7, 11) is 0. The van der Waals surface area contributed by atoms with Crippen molar-refractivity contribution in [2.45, 2.75) is 13.1 Å². The molecular formula is C17H14F3N3O2S. The van der Waals surface area contributed by atoms with Crippen molar-refractivity contribution in [3.63, 3.8) is 0 Å². The van der Waals surface area contributed by atoms with Gasteiger partial charge < -0.3 is 16.2 Å². The third kappa shape index (κ3) is 3.17. The fourth-order valence-electron chi connectivity index (χ4n) is 2.56. The van der Waals surface area contributed by atoms with Crippen molar-refractivity contribution in [3.8, 4) is 17.0 Å². The van der Waals surface area contributed by atoms with Crippen LogP contribution in [0.15, 0.2) is 30.3 Å². The Morgan fingerprint density at radius 2 is 1.92 bits per heavy atom. The molecule has 1 aromatic carbocycles. The number of hydrogen-bond donors (Lipinski definition) is 2. The summed E-state index contributed by atoms with van der Waals surface area (Å²) in [5, 5.41) is -0.300. The third-order valence-corrected chi connectivity index (χ3v) is 4.80. The molecule has 0 unspecified atom stereocenters. The molecular weight excluding hydrogens is 367 g/mol. The van der Waals surface area contributed by atoms with Gasteiger partial charge in [0.15, 0.2) is 0 Å². The van der Waals surface area contributed by atoms with Crippen molar-refractivity contribution < 1.29 is 22.7 Å². The van der Waals surface area contributed by atoms with Gasteiger partial charge in [-0.05, 0) is 37.3 Å². The molecule has 0 fully saturated rings. The second-order valence-corrected chi connectivity index (χ2v) is 6.40. The molecule has 0 bridgehead atoms. The van der Waals surface area contributed by atoms with Crippen molar-refractivity contribution >= 4 is 33.1 Å². The number of thiophene rings is 1. The van der Waals surface area contributed by atoms with E-state index in [9.17, 15) is 18.0 Å². The second kappa shape index (κ2) is 6.49. The van der Waals surface area contributed by atoms with E-state index in [1.54, 1.807) is 24.3 Å². The largest absolute Gasteiger partial charge is 0.494 e. The zero-order chi connectivity index (χ0) is 19.1. The molecule has 2 heterocycles. The van der Waals surface area contributed by atoms with Crippen molar-refractivity contribution in [2.24, 2.45) is 5.73 Å². The van der Waals surface area contributed by atoms with Crippen LogP contribution in [0.25, 0.3) is 21.5 Å². The molecule has 5 nitrogen and oxygen atoms in total. The number of alkyl halides is 3. The topological polar surface area (TPSA) is 91.2 Å². The molecule has 2 aromatic heterocycles. The number of nitrogens with two attached hydrogens (primary N) is 2. The minimum Gasteiger partial charge on any atom is -0.494 e. The number of primary amides is 1. The molecule has 136 valence electrons. The van der Waals surface area contributed by atoms with Gasteiger partial charge >= 0.3 is 6.18 Å². The number of pyridine rings is 1. The van der Waals surface area contributed by atoms with Crippen LogP contribution in [0.5, 0.6) is 5.75 Å². The van der Waals surface area contributed by atoms with E-state index >= 15 is 0 Å². The fourth-order valence-corrected chi connectivity index (χ4v) is 3.54. The summed E-state index contributed by atoms with van der Waals surface area (Å²) in [6, 6.07) is 7.45. The van der Waals surface area contributed by atoms with Crippen LogP contribution < -0.4 is 16.2 Å². The van der Waals surface area contributed by atoms with E-state index in [1.165, 1.54) is 0 Å². The number of ether oxygens (including phenoxy) is 1. The Bertz CT molecular complexity index is 982. The van der Waals surface area contributed by atoms with Crippen LogP contribution >= 0.6 is 11.3 Å². The maximum Gasteiger partial charge on any atom is 0.417 e. The summed E-state index contributed by atoms with van der Waals surface area (Å²) in [6.07, 6.45) is -4.66. The maximum absolute atomic E-state index is 13.6. The van der Waals surface area contributed by atoms with E-state index in [4.69, 9.17) is 16.2 Å². The molecule has 0 aliphatic heterocycles. The summed E-state index contributed by atoms with van der Waals surface area (Å²) in [6.45, 7) is 2.31. The Morgan fingerprint density at radius 1 is 1.27 bits per heavy atom. The lowest BCUT2D eigenvalue weighted by Gasteiger charge is -2.11. The van der Waals surface area contributed by atoms with Crippen molar-refractivity contribution in [2.75, 3.05) is 12.3 Å². The molecule has 4 N–H and O–H groups in total. The molecule has 0 saturated heterocycles. The molecule has 1 amide bonds. The van der Waals surface area contributed by atoms with Crippen LogP contribution in [0.3, 0.4) is 0 Å². The van der Waals surface area contributed by atoms with E-state index in [-0.39, 0.29) is 26.5 Å². The lowest BCUT2D eigenvalue weighted by Crippen LogP contribution is -2.11. The summed E-state index contributed by atoms with van der Waals surface area (Å²) < 4.78 is 46.0. The number of anilines is 1. The number of amides is 1. The highest BCUT2D eigenvalue weighted by Gasteiger charge is 2.36. The van der Waals surface area contributed by atoms with Crippen LogP contribution in [-0.4, -0.2) is 17.5 Å².